The minimum Gasteiger partial charge on any atom is -0.408 e. The molecule has 0 saturated carbocycles. The fourth-order valence-corrected chi connectivity index (χ4v) is 2.75. The number of para-hydroxylation sites is 2. The Labute approximate surface area is 157 Å². The largest absolute Gasteiger partial charge is 0.420 e. The predicted octanol–water partition coefficient (Wildman–Crippen LogP) is 1.98. The molecule has 0 spiro atoms. The summed E-state index contributed by atoms with van der Waals surface area (Å²) in [6, 6.07) is 8.54. The summed E-state index contributed by atoms with van der Waals surface area (Å²) in [5.74, 6) is -3.57. The van der Waals surface area contributed by atoms with Crippen LogP contribution in [-0.2, 0) is 4.79 Å². The summed E-state index contributed by atoms with van der Waals surface area (Å²) in [4.78, 5) is 36.2. The highest BCUT2D eigenvalue weighted by molar-refractivity contribution is 5.94. The van der Waals surface area contributed by atoms with E-state index in [1.54, 1.807) is 31.2 Å². The third kappa shape index (κ3) is 3.93. The van der Waals surface area contributed by atoms with Gasteiger partial charge in [0.15, 0.2) is 5.58 Å². The Kier molecular flexibility index (Phi) is 5.53. The van der Waals surface area contributed by atoms with Gasteiger partial charge in [-0.2, -0.15) is 0 Å². The van der Waals surface area contributed by atoms with Gasteiger partial charge >= 0.3 is 5.76 Å². The Hall–Kier alpha value is -3.49. The Morgan fingerprint density at radius 3 is 2.57 bits per heavy atom. The number of rotatable bonds is 6. The van der Waals surface area contributed by atoms with Crippen LogP contribution in [0, 0.1) is 11.6 Å². The lowest BCUT2D eigenvalue weighted by atomic mass is 10.2. The molecule has 0 radical (unpaired) electrons. The molecule has 0 aliphatic rings. The van der Waals surface area contributed by atoms with Gasteiger partial charge in [-0.15, -0.1) is 0 Å². The van der Waals surface area contributed by atoms with Crippen LogP contribution in [0.1, 0.15) is 23.3 Å². The van der Waals surface area contributed by atoms with Crippen LogP contribution in [0.2, 0.25) is 0 Å². The Morgan fingerprint density at radius 2 is 1.82 bits per heavy atom. The van der Waals surface area contributed by atoms with Gasteiger partial charge in [0, 0.05) is 19.2 Å². The lowest BCUT2D eigenvalue weighted by molar-refractivity contribution is -0.123. The molecule has 3 aromatic rings. The molecule has 7 nitrogen and oxygen atoms in total. The number of benzene rings is 2. The van der Waals surface area contributed by atoms with Crippen molar-refractivity contribution in [2.24, 2.45) is 0 Å². The third-order valence-electron chi connectivity index (χ3n) is 4.17. The van der Waals surface area contributed by atoms with Crippen molar-refractivity contribution in [3.8, 4) is 0 Å². The molecule has 28 heavy (non-hydrogen) atoms. The van der Waals surface area contributed by atoms with Crippen LogP contribution < -0.4 is 16.4 Å². The van der Waals surface area contributed by atoms with Crippen LogP contribution in [0.4, 0.5) is 8.78 Å². The smallest absolute Gasteiger partial charge is 0.408 e. The van der Waals surface area contributed by atoms with E-state index >= 15 is 0 Å². The van der Waals surface area contributed by atoms with E-state index in [9.17, 15) is 23.2 Å². The summed E-state index contributed by atoms with van der Waals surface area (Å²) in [6.07, 6.45) is 0. The molecule has 1 atom stereocenters. The van der Waals surface area contributed by atoms with Crippen molar-refractivity contribution < 1.29 is 22.8 Å². The summed E-state index contributed by atoms with van der Waals surface area (Å²) in [7, 11) is 0. The van der Waals surface area contributed by atoms with Gasteiger partial charge in [-0.1, -0.05) is 12.1 Å². The van der Waals surface area contributed by atoms with Gasteiger partial charge in [0.1, 0.15) is 17.7 Å². The van der Waals surface area contributed by atoms with Crippen molar-refractivity contribution in [1.82, 2.24) is 15.2 Å². The third-order valence-corrected chi connectivity index (χ3v) is 4.17. The Bertz CT molecular complexity index is 1090. The second-order valence-electron chi connectivity index (χ2n) is 6.05. The first-order chi connectivity index (χ1) is 13.4. The van der Waals surface area contributed by atoms with Gasteiger partial charge in [0.05, 0.1) is 11.1 Å². The molecule has 1 heterocycles. The summed E-state index contributed by atoms with van der Waals surface area (Å²) < 4.78 is 32.8. The number of amides is 2. The average molecular weight is 389 g/mol. The molecular formula is C19H17F2N3O4. The van der Waals surface area contributed by atoms with Crippen LogP contribution in [-0.4, -0.2) is 29.5 Å². The van der Waals surface area contributed by atoms with Gasteiger partial charge in [-0.05, 0) is 31.2 Å². The molecule has 0 unspecified atom stereocenters. The first kappa shape index (κ1) is 19.3. The van der Waals surface area contributed by atoms with Crippen LogP contribution in [0.5, 0.6) is 0 Å². The van der Waals surface area contributed by atoms with Crippen molar-refractivity contribution >= 4 is 22.9 Å². The molecular weight excluding hydrogens is 372 g/mol. The number of fused-ring (bicyclic) bond motifs is 1. The van der Waals surface area contributed by atoms with Gasteiger partial charge in [-0.25, -0.2) is 13.6 Å². The molecule has 9 heteroatoms. The van der Waals surface area contributed by atoms with Crippen molar-refractivity contribution in [2.45, 2.75) is 13.0 Å². The zero-order valence-electron chi connectivity index (χ0n) is 14.9. The van der Waals surface area contributed by atoms with E-state index in [2.05, 4.69) is 10.6 Å². The molecule has 2 amide bonds. The van der Waals surface area contributed by atoms with Crippen LogP contribution in [0.25, 0.3) is 11.1 Å². The first-order valence-corrected chi connectivity index (χ1v) is 8.49. The maximum Gasteiger partial charge on any atom is 0.420 e. The SMILES string of the molecule is C[C@@H](C(=O)NCCNC(=O)c1ccc(F)cc1F)n1c(=O)oc2ccccc21. The molecule has 0 aliphatic carbocycles. The number of hydrogen-bond acceptors (Lipinski definition) is 4. The summed E-state index contributed by atoms with van der Waals surface area (Å²) in [6.45, 7) is 1.63. The predicted molar refractivity (Wildman–Crippen MR) is 96.9 cm³/mol. The molecule has 146 valence electrons. The van der Waals surface area contributed by atoms with Crippen LogP contribution >= 0.6 is 0 Å². The van der Waals surface area contributed by atoms with E-state index < -0.39 is 35.2 Å². The highest BCUT2D eigenvalue weighted by Crippen LogP contribution is 2.16. The van der Waals surface area contributed by atoms with Crippen molar-refractivity contribution in [2.75, 3.05) is 13.1 Å². The minimum atomic E-state index is -0.971. The monoisotopic (exact) mass is 389 g/mol. The van der Waals surface area contributed by atoms with E-state index in [0.29, 0.717) is 17.2 Å². The summed E-state index contributed by atoms with van der Waals surface area (Å²) >= 11 is 0. The molecule has 2 N–H and O–H groups in total. The number of hydrogen-bond donors (Lipinski definition) is 2. The van der Waals surface area contributed by atoms with E-state index in [0.717, 1.165) is 12.1 Å². The number of carbonyl (C=O) groups is 2. The Morgan fingerprint density at radius 1 is 1.11 bits per heavy atom. The number of oxazole rings is 1. The quantitative estimate of drug-likeness (QED) is 0.631. The maximum absolute atomic E-state index is 13.6. The van der Waals surface area contributed by atoms with Crippen LogP contribution in [0.15, 0.2) is 51.7 Å². The molecule has 2 aromatic carbocycles. The fraction of sp³-hybridized carbons (Fsp3) is 0.211. The summed E-state index contributed by atoms with van der Waals surface area (Å²) in [5, 5.41) is 5.01. The average Bonchev–Trinajstić information content (AvgIpc) is 2.99. The van der Waals surface area contributed by atoms with Gasteiger partial charge in [0.25, 0.3) is 5.91 Å². The van der Waals surface area contributed by atoms with E-state index in [1.165, 1.54) is 4.57 Å². The van der Waals surface area contributed by atoms with E-state index in [-0.39, 0.29) is 18.7 Å². The normalized spacial score (nSPS) is 12.0. The van der Waals surface area contributed by atoms with Crippen LogP contribution in [0.3, 0.4) is 0 Å². The van der Waals surface area contributed by atoms with Crippen molar-refractivity contribution in [1.29, 1.82) is 0 Å². The maximum atomic E-state index is 13.6. The van der Waals surface area contributed by atoms with Gasteiger partial charge in [-0.3, -0.25) is 14.2 Å². The topological polar surface area (TPSA) is 93.3 Å². The summed E-state index contributed by atoms with van der Waals surface area (Å²) in [5.41, 5.74) is 0.577. The number of carbonyl (C=O) groups excluding carboxylic acids is 2. The van der Waals surface area contributed by atoms with Crippen molar-refractivity contribution in [3.05, 3.63) is 70.2 Å². The molecule has 1 aromatic heterocycles. The lowest BCUT2D eigenvalue weighted by Gasteiger charge is -2.13. The second-order valence-corrected chi connectivity index (χ2v) is 6.05. The van der Waals surface area contributed by atoms with Crippen molar-refractivity contribution in [3.63, 3.8) is 0 Å². The van der Waals surface area contributed by atoms with E-state index in [4.69, 9.17) is 4.42 Å². The highest BCUT2D eigenvalue weighted by atomic mass is 19.1. The molecule has 0 bridgehead atoms. The zero-order valence-corrected chi connectivity index (χ0v) is 14.9. The Balaban J connectivity index is 1.56. The minimum absolute atomic E-state index is 0.0230. The number of halogens is 2. The standard InChI is InChI=1S/C19H17F2N3O4/c1-11(24-15-4-2-3-5-16(15)28-19(24)27)17(25)22-8-9-23-18(26)13-7-6-12(20)10-14(13)21/h2-7,10-11H,8-9H2,1H3,(H,22,25)(H,23,26)/t11-/m0/s1. The first-order valence-electron chi connectivity index (χ1n) is 8.49. The van der Waals surface area contributed by atoms with Gasteiger partial charge in [0.2, 0.25) is 5.91 Å². The van der Waals surface area contributed by atoms with E-state index in [1.807, 2.05) is 0 Å². The zero-order chi connectivity index (χ0) is 20.3. The number of aromatic nitrogens is 1. The molecule has 3 rings (SSSR count). The fourth-order valence-electron chi connectivity index (χ4n) is 2.75. The number of nitrogens with zero attached hydrogens (tertiary/aromatic N) is 1. The highest BCUT2D eigenvalue weighted by Gasteiger charge is 2.21. The molecule has 0 saturated heterocycles. The molecule has 0 fully saturated rings. The molecule has 0 aliphatic heterocycles. The lowest BCUT2D eigenvalue weighted by Crippen LogP contribution is -2.39. The second kappa shape index (κ2) is 8.03. The number of nitrogens with one attached hydrogen (secondary N) is 2. The van der Waals surface area contributed by atoms with Gasteiger partial charge < -0.3 is 15.1 Å².